The van der Waals surface area contributed by atoms with Crippen LogP contribution in [0.25, 0.3) is 49.7 Å². The normalized spacial score (nSPS) is 11.2. The number of hydrogen-bond donors (Lipinski definition) is 0. The molecule has 7 aromatic carbocycles. The van der Waals surface area contributed by atoms with Crippen molar-refractivity contribution in [3.8, 4) is 27.9 Å². The van der Waals surface area contributed by atoms with Crippen molar-refractivity contribution in [2.24, 2.45) is 0 Å². The summed E-state index contributed by atoms with van der Waals surface area (Å²) in [5, 5.41) is 2.52. The van der Waals surface area contributed by atoms with Gasteiger partial charge in [-0.25, -0.2) is 0 Å². The number of nitrogens with zero attached hydrogens (tertiary/aromatic N) is 2. The van der Waals surface area contributed by atoms with E-state index in [0.717, 1.165) is 17.1 Å². The quantitative estimate of drug-likeness (QED) is 0.196. The van der Waals surface area contributed by atoms with Crippen molar-refractivity contribution in [2.45, 2.75) is 0 Å². The Morgan fingerprint density at radius 2 is 0.773 bits per heavy atom. The van der Waals surface area contributed by atoms with Crippen molar-refractivity contribution in [1.29, 1.82) is 0 Å². The van der Waals surface area contributed by atoms with Crippen LogP contribution < -0.4 is 4.90 Å². The molecule has 0 unspecified atom stereocenters. The van der Waals surface area contributed by atoms with Crippen LogP contribution >= 0.6 is 0 Å². The molecule has 0 aliphatic carbocycles. The molecule has 0 fully saturated rings. The number of rotatable bonds is 6. The molecule has 0 bridgehead atoms. The molecule has 0 N–H and O–H groups in total. The first-order chi connectivity index (χ1) is 21.8. The van der Waals surface area contributed by atoms with Gasteiger partial charge in [-0.3, -0.25) is 0 Å². The lowest BCUT2D eigenvalue weighted by atomic mass is 10.0. The molecule has 8 rings (SSSR count). The minimum absolute atomic E-state index is 1.12. The first-order valence-corrected chi connectivity index (χ1v) is 15.0. The summed E-state index contributed by atoms with van der Waals surface area (Å²) >= 11 is 0. The molecule has 0 atom stereocenters. The van der Waals surface area contributed by atoms with Gasteiger partial charge in [-0.1, -0.05) is 115 Å². The molecule has 8 aromatic rings. The zero-order valence-corrected chi connectivity index (χ0v) is 24.2. The Bertz CT molecular complexity index is 2180. The van der Waals surface area contributed by atoms with Crippen LogP contribution in [0.5, 0.6) is 0 Å². The van der Waals surface area contributed by atoms with E-state index in [2.05, 4.69) is 191 Å². The molecule has 0 amide bonds. The van der Waals surface area contributed by atoms with Gasteiger partial charge in [0.25, 0.3) is 0 Å². The van der Waals surface area contributed by atoms with Gasteiger partial charge in [-0.2, -0.15) is 0 Å². The van der Waals surface area contributed by atoms with E-state index in [9.17, 15) is 0 Å². The molecule has 0 spiro atoms. The Hall–Kier alpha value is -5.86. The number of aromatic nitrogens is 1. The summed E-state index contributed by atoms with van der Waals surface area (Å²) in [4.78, 5) is 2.31. The third-order valence-electron chi connectivity index (χ3n) is 8.39. The number of para-hydroxylation sites is 3. The van der Waals surface area contributed by atoms with Gasteiger partial charge >= 0.3 is 0 Å². The summed E-state index contributed by atoms with van der Waals surface area (Å²) in [7, 11) is 0. The molecule has 0 aliphatic rings. The van der Waals surface area contributed by atoms with Crippen molar-refractivity contribution in [2.75, 3.05) is 4.90 Å². The van der Waals surface area contributed by atoms with E-state index >= 15 is 0 Å². The second kappa shape index (κ2) is 11.1. The highest BCUT2D eigenvalue weighted by molar-refractivity contribution is 6.10. The maximum absolute atomic E-state index is 2.36. The Morgan fingerprint density at radius 1 is 0.318 bits per heavy atom. The van der Waals surface area contributed by atoms with Crippen molar-refractivity contribution in [3.05, 3.63) is 182 Å². The third-order valence-corrected chi connectivity index (χ3v) is 8.39. The van der Waals surface area contributed by atoms with Crippen LogP contribution in [0.1, 0.15) is 0 Å². The maximum atomic E-state index is 2.36. The zero-order chi connectivity index (χ0) is 29.3. The van der Waals surface area contributed by atoms with Crippen molar-refractivity contribution in [1.82, 2.24) is 4.57 Å². The van der Waals surface area contributed by atoms with Crippen LogP contribution in [0.2, 0.25) is 0 Å². The van der Waals surface area contributed by atoms with Gasteiger partial charge in [0.15, 0.2) is 0 Å². The minimum Gasteiger partial charge on any atom is -0.311 e. The summed E-state index contributed by atoms with van der Waals surface area (Å²) in [6.45, 7) is 0. The van der Waals surface area contributed by atoms with Crippen molar-refractivity contribution < 1.29 is 0 Å². The molecule has 44 heavy (non-hydrogen) atoms. The van der Waals surface area contributed by atoms with Gasteiger partial charge < -0.3 is 9.47 Å². The van der Waals surface area contributed by atoms with Gasteiger partial charge in [0.1, 0.15) is 0 Å². The SMILES string of the molecule is c1ccc(-c2ccc(N(c3ccccc3)c3ccc(-c4ccc5c(c4)c4ccccc4n5-c4ccccc4)cc3)cc2)cc1. The number of hydrogen-bond acceptors (Lipinski definition) is 1. The van der Waals surface area contributed by atoms with Crippen LogP contribution in [0.4, 0.5) is 17.1 Å². The standard InChI is InChI=1S/C42H30N2/c1-4-12-31(13-5-1)32-20-25-37(26-21-32)43(35-14-6-2-7-15-35)38-27-22-33(23-28-38)34-24-29-42-40(30-34)39-18-10-11-19-41(39)44(42)36-16-8-3-9-17-36/h1-30H. The molecule has 1 heterocycles. The van der Waals surface area contributed by atoms with Gasteiger partial charge in [0, 0.05) is 33.5 Å². The molecule has 0 radical (unpaired) electrons. The van der Waals surface area contributed by atoms with E-state index in [4.69, 9.17) is 0 Å². The molecular weight excluding hydrogens is 532 g/mol. The van der Waals surface area contributed by atoms with Crippen molar-refractivity contribution in [3.63, 3.8) is 0 Å². The smallest absolute Gasteiger partial charge is 0.0541 e. The fourth-order valence-electron chi connectivity index (χ4n) is 6.27. The topological polar surface area (TPSA) is 8.17 Å². The largest absolute Gasteiger partial charge is 0.311 e. The second-order valence-corrected chi connectivity index (χ2v) is 11.1. The van der Waals surface area contributed by atoms with Crippen LogP contribution in [0.15, 0.2) is 182 Å². The average molecular weight is 563 g/mol. The molecule has 2 nitrogen and oxygen atoms in total. The fraction of sp³-hybridized carbons (Fsp3) is 0. The van der Waals surface area contributed by atoms with Crippen molar-refractivity contribution >= 4 is 38.9 Å². The summed E-state index contributed by atoms with van der Waals surface area (Å²) < 4.78 is 2.36. The van der Waals surface area contributed by atoms with E-state index in [0.29, 0.717) is 0 Å². The van der Waals surface area contributed by atoms with E-state index in [-0.39, 0.29) is 0 Å². The lowest BCUT2D eigenvalue weighted by Crippen LogP contribution is -2.09. The molecule has 0 aliphatic heterocycles. The first-order valence-electron chi connectivity index (χ1n) is 15.0. The van der Waals surface area contributed by atoms with Crippen LogP contribution in [0.3, 0.4) is 0 Å². The molecular formula is C42H30N2. The highest BCUT2D eigenvalue weighted by Crippen LogP contribution is 2.38. The minimum atomic E-state index is 1.12. The first kappa shape index (κ1) is 25.8. The lowest BCUT2D eigenvalue weighted by Gasteiger charge is -2.26. The van der Waals surface area contributed by atoms with E-state index in [1.807, 2.05) is 0 Å². The molecule has 0 saturated carbocycles. The van der Waals surface area contributed by atoms with E-state index in [1.54, 1.807) is 0 Å². The van der Waals surface area contributed by atoms with E-state index in [1.165, 1.54) is 49.7 Å². The molecule has 208 valence electrons. The molecule has 2 heteroatoms. The monoisotopic (exact) mass is 562 g/mol. The van der Waals surface area contributed by atoms with Crippen LogP contribution in [-0.2, 0) is 0 Å². The average Bonchev–Trinajstić information content (AvgIpc) is 3.44. The third kappa shape index (κ3) is 4.63. The highest BCUT2D eigenvalue weighted by atomic mass is 15.1. The summed E-state index contributed by atoms with van der Waals surface area (Å²) in [6, 6.07) is 65.0. The number of benzene rings is 7. The highest BCUT2D eigenvalue weighted by Gasteiger charge is 2.15. The van der Waals surface area contributed by atoms with Crippen LogP contribution in [-0.4, -0.2) is 4.57 Å². The summed E-state index contributed by atoms with van der Waals surface area (Å²) in [5.41, 5.74) is 11.8. The lowest BCUT2D eigenvalue weighted by molar-refractivity contribution is 1.18. The summed E-state index contributed by atoms with van der Waals surface area (Å²) in [6.07, 6.45) is 0. The predicted molar refractivity (Wildman–Crippen MR) is 186 cm³/mol. The van der Waals surface area contributed by atoms with Gasteiger partial charge in [0.05, 0.1) is 11.0 Å². The predicted octanol–water partition coefficient (Wildman–Crippen LogP) is 11.6. The Morgan fingerprint density at radius 3 is 1.43 bits per heavy atom. The van der Waals surface area contributed by atoms with Gasteiger partial charge in [-0.15, -0.1) is 0 Å². The maximum Gasteiger partial charge on any atom is 0.0541 e. The van der Waals surface area contributed by atoms with Gasteiger partial charge in [-0.05, 0) is 89.0 Å². The molecule has 0 saturated heterocycles. The Kier molecular flexibility index (Phi) is 6.51. The van der Waals surface area contributed by atoms with E-state index < -0.39 is 0 Å². The molecule has 1 aromatic heterocycles. The number of anilines is 3. The Balaban J connectivity index is 1.18. The second-order valence-electron chi connectivity index (χ2n) is 11.1. The zero-order valence-electron chi connectivity index (χ0n) is 24.2. The summed E-state index contributed by atoms with van der Waals surface area (Å²) in [5.74, 6) is 0. The van der Waals surface area contributed by atoms with Crippen LogP contribution in [0, 0.1) is 0 Å². The fourth-order valence-corrected chi connectivity index (χ4v) is 6.27. The Labute approximate surface area is 257 Å². The van der Waals surface area contributed by atoms with Gasteiger partial charge in [0.2, 0.25) is 0 Å². The number of fused-ring (bicyclic) bond motifs is 3.